The molecule has 0 bridgehead atoms. The van der Waals surface area contributed by atoms with Gasteiger partial charge in [-0.1, -0.05) is 6.92 Å². The van der Waals surface area contributed by atoms with Gasteiger partial charge in [0.15, 0.2) is 0 Å². The lowest BCUT2D eigenvalue weighted by atomic mass is 10.1. The summed E-state index contributed by atoms with van der Waals surface area (Å²) in [5, 5.41) is 3.44. The van der Waals surface area contributed by atoms with E-state index in [4.69, 9.17) is 9.15 Å². The topological polar surface area (TPSA) is 34.4 Å². The molecule has 0 aromatic carbocycles. The van der Waals surface area contributed by atoms with Crippen LogP contribution in [-0.2, 0) is 4.74 Å². The first kappa shape index (κ1) is 10.7. The van der Waals surface area contributed by atoms with E-state index in [2.05, 4.69) is 12.2 Å². The second-order valence-corrected chi connectivity index (χ2v) is 4.04. The van der Waals surface area contributed by atoms with Crippen molar-refractivity contribution in [3.8, 4) is 0 Å². The van der Waals surface area contributed by atoms with Crippen LogP contribution in [0, 0.1) is 6.92 Å². The molecule has 1 aromatic rings. The molecule has 0 spiro atoms. The first-order valence-electron chi connectivity index (χ1n) is 5.72. The van der Waals surface area contributed by atoms with E-state index in [-0.39, 0.29) is 12.1 Å². The molecule has 0 amide bonds. The number of hydrogen-bond acceptors (Lipinski definition) is 3. The average molecular weight is 209 g/mol. The summed E-state index contributed by atoms with van der Waals surface area (Å²) >= 11 is 0. The number of rotatable bonds is 4. The lowest BCUT2D eigenvalue weighted by Gasteiger charge is -2.21. The lowest BCUT2D eigenvalue weighted by molar-refractivity contribution is 0.0715. The van der Waals surface area contributed by atoms with Crippen molar-refractivity contribution in [1.29, 1.82) is 0 Å². The van der Waals surface area contributed by atoms with Crippen LogP contribution in [0.15, 0.2) is 16.5 Å². The molecular weight excluding hydrogens is 190 g/mol. The summed E-state index contributed by atoms with van der Waals surface area (Å²) in [5.41, 5.74) is 0. The normalized spacial score (nSPS) is 23.2. The maximum absolute atomic E-state index is 5.71. The molecule has 2 atom stereocenters. The largest absolute Gasteiger partial charge is 0.465 e. The monoisotopic (exact) mass is 209 g/mol. The summed E-state index contributed by atoms with van der Waals surface area (Å²) in [6, 6.07) is 4.27. The van der Waals surface area contributed by atoms with E-state index in [0.717, 1.165) is 37.5 Å². The minimum atomic E-state index is 0.214. The van der Waals surface area contributed by atoms with Crippen LogP contribution in [0.3, 0.4) is 0 Å². The Hall–Kier alpha value is -0.800. The van der Waals surface area contributed by atoms with Crippen LogP contribution in [-0.4, -0.2) is 19.3 Å². The highest BCUT2D eigenvalue weighted by atomic mass is 16.5. The molecule has 1 aliphatic heterocycles. The molecule has 0 aliphatic carbocycles. The zero-order valence-corrected chi connectivity index (χ0v) is 9.45. The van der Waals surface area contributed by atoms with Gasteiger partial charge in [-0.05, 0) is 38.4 Å². The second kappa shape index (κ2) is 4.81. The Kier molecular flexibility index (Phi) is 3.44. The molecule has 1 aliphatic rings. The van der Waals surface area contributed by atoms with Crippen LogP contribution in [0.25, 0.3) is 0 Å². The minimum Gasteiger partial charge on any atom is -0.465 e. The van der Waals surface area contributed by atoms with Crippen molar-refractivity contribution >= 4 is 0 Å². The molecule has 1 N–H and O–H groups in total. The first-order valence-corrected chi connectivity index (χ1v) is 5.72. The second-order valence-electron chi connectivity index (χ2n) is 4.04. The summed E-state index contributed by atoms with van der Waals surface area (Å²) in [5.74, 6) is 1.96. The molecular formula is C12H19NO2. The third kappa shape index (κ3) is 2.41. The van der Waals surface area contributed by atoms with Gasteiger partial charge in [-0.3, -0.25) is 0 Å². The fourth-order valence-electron chi connectivity index (χ4n) is 2.12. The van der Waals surface area contributed by atoms with Crippen molar-refractivity contribution in [2.24, 2.45) is 0 Å². The average Bonchev–Trinajstić information content (AvgIpc) is 2.85. The van der Waals surface area contributed by atoms with Crippen molar-refractivity contribution in [1.82, 2.24) is 5.32 Å². The number of hydrogen-bond donors (Lipinski definition) is 1. The Morgan fingerprint density at radius 3 is 2.93 bits per heavy atom. The predicted octanol–water partition coefficient (Wildman–Crippen LogP) is 2.42. The van der Waals surface area contributed by atoms with Gasteiger partial charge in [0, 0.05) is 6.61 Å². The van der Waals surface area contributed by atoms with E-state index < -0.39 is 0 Å². The molecule has 1 fully saturated rings. The van der Waals surface area contributed by atoms with E-state index >= 15 is 0 Å². The quantitative estimate of drug-likeness (QED) is 0.827. The number of aryl methyl sites for hydroxylation is 1. The van der Waals surface area contributed by atoms with Gasteiger partial charge in [-0.15, -0.1) is 0 Å². The van der Waals surface area contributed by atoms with Gasteiger partial charge in [0.1, 0.15) is 11.5 Å². The maximum atomic E-state index is 5.71. The van der Waals surface area contributed by atoms with E-state index in [1.165, 1.54) is 0 Å². The summed E-state index contributed by atoms with van der Waals surface area (Å²) in [6.07, 6.45) is 2.56. The van der Waals surface area contributed by atoms with Crippen molar-refractivity contribution in [3.05, 3.63) is 23.7 Å². The zero-order chi connectivity index (χ0) is 10.7. The van der Waals surface area contributed by atoms with Gasteiger partial charge in [0.2, 0.25) is 0 Å². The Balaban J connectivity index is 2.11. The van der Waals surface area contributed by atoms with Crippen molar-refractivity contribution < 1.29 is 9.15 Å². The van der Waals surface area contributed by atoms with E-state index in [1.54, 1.807) is 0 Å². The summed E-state index contributed by atoms with van der Waals surface area (Å²) < 4.78 is 11.4. The Morgan fingerprint density at radius 1 is 1.53 bits per heavy atom. The maximum Gasteiger partial charge on any atom is 0.123 e. The summed E-state index contributed by atoms with van der Waals surface area (Å²) in [6.45, 7) is 5.90. The molecule has 1 saturated heterocycles. The van der Waals surface area contributed by atoms with Crippen LogP contribution in [0.4, 0.5) is 0 Å². The van der Waals surface area contributed by atoms with E-state index in [0.29, 0.717) is 0 Å². The number of ether oxygens (including phenoxy) is 1. The molecule has 3 nitrogen and oxygen atoms in total. The Morgan fingerprint density at radius 2 is 2.40 bits per heavy atom. The molecule has 2 unspecified atom stereocenters. The minimum absolute atomic E-state index is 0.214. The van der Waals surface area contributed by atoms with Gasteiger partial charge >= 0.3 is 0 Å². The van der Waals surface area contributed by atoms with Gasteiger partial charge in [-0.2, -0.15) is 0 Å². The summed E-state index contributed by atoms with van der Waals surface area (Å²) in [7, 11) is 0. The van der Waals surface area contributed by atoms with Crippen LogP contribution in [0.2, 0.25) is 0 Å². The first-order chi connectivity index (χ1) is 7.31. The molecule has 1 aromatic heterocycles. The van der Waals surface area contributed by atoms with Crippen LogP contribution in [0.5, 0.6) is 0 Å². The van der Waals surface area contributed by atoms with Crippen molar-refractivity contribution in [3.63, 3.8) is 0 Å². The SMILES string of the molecule is CCNC(c1ccc(C)o1)C1CCCO1. The molecule has 2 rings (SSSR count). The van der Waals surface area contributed by atoms with Crippen molar-refractivity contribution in [2.75, 3.05) is 13.2 Å². The van der Waals surface area contributed by atoms with E-state index in [1.807, 2.05) is 19.1 Å². The third-order valence-electron chi connectivity index (χ3n) is 2.83. The molecule has 3 heteroatoms. The third-order valence-corrected chi connectivity index (χ3v) is 2.83. The molecule has 0 radical (unpaired) electrons. The highest BCUT2D eigenvalue weighted by Gasteiger charge is 2.28. The molecule has 0 saturated carbocycles. The standard InChI is InChI=1S/C12H19NO2/c1-3-13-12(10-5-4-8-14-10)11-7-6-9(2)15-11/h6-7,10,12-13H,3-5,8H2,1-2H3. The summed E-state index contributed by atoms with van der Waals surface area (Å²) in [4.78, 5) is 0. The molecule has 84 valence electrons. The Bertz CT molecular complexity index is 302. The van der Waals surface area contributed by atoms with E-state index in [9.17, 15) is 0 Å². The Labute approximate surface area is 90.8 Å². The highest BCUT2D eigenvalue weighted by Crippen LogP contribution is 2.27. The molecule has 15 heavy (non-hydrogen) atoms. The van der Waals surface area contributed by atoms with Crippen LogP contribution >= 0.6 is 0 Å². The zero-order valence-electron chi connectivity index (χ0n) is 9.45. The van der Waals surface area contributed by atoms with Crippen molar-refractivity contribution in [2.45, 2.75) is 38.8 Å². The number of furan rings is 1. The predicted molar refractivity (Wildman–Crippen MR) is 58.8 cm³/mol. The van der Waals surface area contributed by atoms with Gasteiger partial charge in [0.25, 0.3) is 0 Å². The number of nitrogens with one attached hydrogen (secondary N) is 1. The smallest absolute Gasteiger partial charge is 0.123 e. The fraction of sp³-hybridized carbons (Fsp3) is 0.667. The van der Waals surface area contributed by atoms with Crippen LogP contribution < -0.4 is 5.32 Å². The number of likely N-dealkylation sites (N-methyl/N-ethyl adjacent to an activating group) is 1. The highest BCUT2D eigenvalue weighted by molar-refractivity contribution is 5.11. The fourth-order valence-corrected chi connectivity index (χ4v) is 2.12. The van der Waals surface area contributed by atoms with Gasteiger partial charge < -0.3 is 14.5 Å². The molecule has 2 heterocycles. The van der Waals surface area contributed by atoms with Crippen LogP contribution in [0.1, 0.15) is 37.3 Å². The lowest BCUT2D eigenvalue weighted by Crippen LogP contribution is -2.31. The van der Waals surface area contributed by atoms with Gasteiger partial charge in [-0.25, -0.2) is 0 Å². The van der Waals surface area contributed by atoms with Gasteiger partial charge in [0.05, 0.1) is 12.1 Å².